The highest BCUT2D eigenvalue weighted by Crippen LogP contribution is 2.22. The van der Waals surface area contributed by atoms with Crippen molar-refractivity contribution in [2.24, 2.45) is 5.73 Å². The summed E-state index contributed by atoms with van der Waals surface area (Å²) in [6.07, 6.45) is 0.398. The molecule has 1 aromatic carbocycles. The van der Waals surface area contributed by atoms with Crippen molar-refractivity contribution >= 4 is 0 Å². The fourth-order valence-corrected chi connectivity index (χ4v) is 1.19. The van der Waals surface area contributed by atoms with Crippen LogP contribution in [-0.4, -0.2) is 20.4 Å². The van der Waals surface area contributed by atoms with Crippen molar-refractivity contribution in [3.8, 4) is 11.5 Å². The summed E-state index contributed by atoms with van der Waals surface area (Å²) < 4.78 is 22.3. The van der Waals surface area contributed by atoms with E-state index in [2.05, 4.69) is 0 Å². The molecule has 0 bridgehead atoms. The van der Waals surface area contributed by atoms with Crippen molar-refractivity contribution < 1.29 is 13.9 Å². The van der Waals surface area contributed by atoms with Crippen molar-refractivity contribution in [3.63, 3.8) is 0 Å². The minimum atomic E-state index is -0.367. The molecule has 0 radical (unpaired) electrons. The van der Waals surface area contributed by atoms with E-state index in [1.807, 2.05) is 12.1 Å². The molecule has 2 N–H and O–H groups in total. The molecular formula is C11H16FNO2. The van der Waals surface area contributed by atoms with Gasteiger partial charge in [0.15, 0.2) is 0 Å². The summed E-state index contributed by atoms with van der Waals surface area (Å²) in [5.41, 5.74) is 6.46. The molecule has 0 fully saturated rings. The summed E-state index contributed by atoms with van der Waals surface area (Å²) in [7, 11) is 1.58. The monoisotopic (exact) mass is 213 g/mol. The van der Waals surface area contributed by atoms with Gasteiger partial charge < -0.3 is 15.2 Å². The van der Waals surface area contributed by atoms with E-state index in [1.165, 1.54) is 0 Å². The lowest BCUT2D eigenvalue weighted by Crippen LogP contribution is -2.01. The number of ether oxygens (including phenoxy) is 2. The van der Waals surface area contributed by atoms with Gasteiger partial charge in [0.2, 0.25) is 0 Å². The molecule has 0 amide bonds. The van der Waals surface area contributed by atoms with Crippen molar-refractivity contribution in [2.45, 2.75) is 13.0 Å². The van der Waals surface area contributed by atoms with Gasteiger partial charge in [0.05, 0.1) is 20.4 Å². The zero-order valence-corrected chi connectivity index (χ0v) is 8.83. The minimum Gasteiger partial charge on any atom is -0.497 e. The van der Waals surface area contributed by atoms with Gasteiger partial charge in [0.25, 0.3) is 0 Å². The van der Waals surface area contributed by atoms with Gasteiger partial charge in [-0.15, -0.1) is 0 Å². The normalized spacial score (nSPS) is 10.1. The highest BCUT2D eigenvalue weighted by atomic mass is 19.1. The molecule has 1 rings (SSSR count). The van der Waals surface area contributed by atoms with Crippen LogP contribution in [-0.2, 0) is 6.54 Å². The molecule has 84 valence electrons. The molecule has 0 heterocycles. The molecule has 0 saturated heterocycles. The summed E-state index contributed by atoms with van der Waals surface area (Å²) in [5.74, 6) is 1.37. The van der Waals surface area contributed by atoms with Crippen LogP contribution in [0.1, 0.15) is 12.0 Å². The van der Waals surface area contributed by atoms with Crippen LogP contribution in [0, 0.1) is 0 Å². The lowest BCUT2D eigenvalue weighted by molar-refractivity contribution is 0.287. The zero-order chi connectivity index (χ0) is 11.1. The van der Waals surface area contributed by atoms with Crippen LogP contribution in [0.5, 0.6) is 11.5 Å². The van der Waals surface area contributed by atoms with Gasteiger partial charge in [-0.1, -0.05) is 0 Å². The molecule has 0 aromatic heterocycles. The average molecular weight is 213 g/mol. The van der Waals surface area contributed by atoms with E-state index in [-0.39, 0.29) is 6.67 Å². The first-order valence-electron chi connectivity index (χ1n) is 4.87. The number of methoxy groups -OCH3 is 1. The molecular weight excluding hydrogens is 197 g/mol. The highest BCUT2D eigenvalue weighted by molar-refractivity contribution is 5.38. The number of rotatable bonds is 6. The third-order valence-corrected chi connectivity index (χ3v) is 1.96. The molecule has 0 aliphatic rings. The Bertz CT molecular complexity index is 282. The van der Waals surface area contributed by atoms with Gasteiger partial charge in [-0.25, -0.2) is 0 Å². The summed E-state index contributed by atoms with van der Waals surface area (Å²) in [6, 6.07) is 5.44. The van der Waals surface area contributed by atoms with E-state index in [0.717, 1.165) is 5.56 Å². The number of hydrogen-bond acceptors (Lipinski definition) is 3. The molecule has 0 spiro atoms. The molecule has 0 aliphatic carbocycles. The summed E-state index contributed by atoms with van der Waals surface area (Å²) in [5, 5.41) is 0. The summed E-state index contributed by atoms with van der Waals surface area (Å²) in [6.45, 7) is 0.429. The molecule has 1 aromatic rings. The zero-order valence-electron chi connectivity index (χ0n) is 8.83. The lowest BCUT2D eigenvalue weighted by atomic mass is 10.2. The highest BCUT2D eigenvalue weighted by Gasteiger charge is 2.01. The van der Waals surface area contributed by atoms with E-state index >= 15 is 0 Å². The molecule has 15 heavy (non-hydrogen) atoms. The van der Waals surface area contributed by atoms with Crippen molar-refractivity contribution in [1.29, 1.82) is 0 Å². The minimum absolute atomic E-state index is 0.367. The Labute approximate surface area is 89.0 Å². The predicted octanol–water partition coefficient (Wildman–Crippen LogP) is 1.89. The largest absolute Gasteiger partial charge is 0.497 e. The third-order valence-electron chi connectivity index (χ3n) is 1.96. The van der Waals surface area contributed by atoms with Crippen molar-refractivity contribution in [3.05, 3.63) is 23.8 Å². The van der Waals surface area contributed by atoms with E-state index in [0.29, 0.717) is 31.1 Å². The smallest absolute Gasteiger partial charge is 0.123 e. The maximum atomic E-state index is 11.9. The van der Waals surface area contributed by atoms with E-state index in [1.54, 1.807) is 13.2 Å². The summed E-state index contributed by atoms with van der Waals surface area (Å²) in [4.78, 5) is 0. The maximum absolute atomic E-state index is 11.9. The van der Waals surface area contributed by atoms with E-state index < -0.39 is 0 Å². The van der Waals surface area contributed by atoms with E-state index in [9.17, 15) is 4.39 Å². The molecule has 4 heteroatoms. The maximum Gasteiger partial charge on any atom is 0.123 e. The second kappa shape index (κ2) is 6.24. The number of benzene rings is 1. The second-order valence-electron chi connectivity index (χ2n) is 3.11. The SMILES string of the molecule is COc1cc(CN)cc(OCCCF)c1. The Hall–Kier alpha value is -1.29. The van der Waals surface area contributed by atoms with Crippen LogP contribution in [0.2, 0.25) is 0 Å². The van der Waals surface area contributed by atoms with Crippen molar-refractivity contribution in [2.75, 3.05) is 20.4 Å². The fourth-order valence-electron chi connectivity index (χ4n) is 1.19. The first kappa shape index (κ1) is 11.8. The van der Waals surface area contributed by atoms with Crippen LogP contribution in [0.4, 0.5) is 4.39 Å². The number of nitrogens with two attached hydrogens (primary N) is 1. The van der Waals surface area contributed by atoms with Crippen LogP contribution in [0.3, 0.4) is 0 Å². The van der Waals surface area contributed by atoms with Crippen LogP contribution in [0.15, 0.2) is 18.2 Å². The Morgan fingerprint density at radius 2 is 2.00 bits per heavy atom. The van der Waals surface area contributed by atoms with Crippen molar-refractivity contribution in [1.82, 2.24) is 0 Å². The molecule has 0 unspecified atom stereocenters. The van der Waals surface area contributed by atoms with Crippen LogP contribution in [0.25, 0.3) is 0 Å². The van der Waals surface area contributed by atoms with Crippen LogP contribution >= 0.6 is 0 Å². The predicted molar refractivity (Wildman–Crippen MR) is 57.0 cm³/mol. The Morgan fingerprint density at radius 3 is 2.60 bits per heavy atom. The van der Waals surface area contributed by atoms with E-state index in [4.69, 9.17) is 15.2 Å². The van der Waals surface area contributed by atoms with Gasteiger partial charge in [0.1, 0.15) is 11.5 Å². The average Bonchev–Trinajstić information content (AvgIpc) is 2.29. The third kappa shape index (κ3) is 3.75. The van der Waals surface area contributed by atoms with Gasteiger partial charge in [-0.3, -0.25) is 4.39 Å². The van der Waals surface area contributed by atoms with Gasteiger partial charge >= 0.3 is 0 Å². The quantitative estimate of drug-likeness (QED) is 0.734. The van der Waals surface area contributed by atoms with Gasteiger partial charge in [-0.2, -0.15) is 0 Å². The first-order chi connectivity index (χ1) is 7.30. The molecule has 0 aliphatic heterocycles. The first-order valence-corrected chi connectivity index (χ1v) is 4.87. The van der Waals surface area contributed by atoms with Gasteiger partial charge in [-0.05, 0) is 17.7 Å². The lowest BCUT2D eigenvalue weighted by Gasteiger charge is -2.09. The Morgan fingerprint density at radius 1 is 1.27 bits per heavy atom. The second-order valence-corrected chi connectivity index (χ2v) is 3.11. The number of alkyl halides is 1. The molecule has 0 atom stereocenters. The fraction of sp³-hybridized carbons (Fsp3) is 0.455. The number of halogens is 1. The topological polar surface area (TPSA) is 44.5 Å². The summed E-state index contributed by atoms with van der Waals surface area (Å²) >= 11 is 0. The number of hydrogen-bond donors (Lipinski definition) is 1. The standard InChI is InChI=1S/C11H16FNO2/c1-14-10-5-9(8-13)6-11(7-10)15-4-2-3-12/h5-7H,2-4,8,13H2,1H3. The Kier molecular flexibility index (Phi) is 4.90. The van der Waals surface area contributed by atoms with Crippen LogP contribution < -0.4 is 15.2 Å². The Balaban J connectivity index is 2.68. The van der Waals surface area contributed by atoms with Gasteiger partial charge in [0, 0.05) is 19.0 Å². The molecule has 3 nitrogen and oxygen atoms in total. The molecule has 0 saturated carbocycles.